The number of hydrogen-bond acceptors (Lipinski definition) is 4. The van der Waals surface area contributed by atoms with Gasteiger partial charge in [0, 0.05) is 12.1 Å². The molecule has 0 unspecified atom stereocenters. The lowest BCUT2D eigenvalue weighted by Gasteiger charge is -2.17. The van der Waals surface area contributed by atoms with Crippen LogP contribution in [0.15, 0.2) is 30.5 Å². The smallest absolute Gasteiger partial charge is 0.163 e. The Kier molecular flexibility index (Phi) is 2.35. The van der Waals surface area contributed by atoms with E-state index in [9.17, 15) is 4.39 Å². The van der Waals surface area contributed by atoms with Crippen molar-refractivity contribution < 1.29 is 13.9 Å². The topological polar surface area (TPSA) is 60.0 Å². The molecule has 3 aromatic rings. The van der Waals surface area contributed by atoms with Gasteiger partial charge in [-0.05, 0) is 12.1 Å². The lowest BCUT2D eigenvalue weighted by molar-refractivity contribution is 0.172. The first kappa shape index (κ1) is 11.2. The molecule has 1 N–H and O–H groups in total. The van der Waals surface area contributed by atoms with Crippen molar-refractivity contribution in [3.8, 4) is 23.0 Å². The summed E-state index contributed by atoms with van der Waals surface area (Å²) in [6.45, 7) is 1.08. The summed E-state index contributed by atoms with van der Waals surface area (Å²) >= 11 is 0. The fraction of sp³-hybridized carbons (Fsp3) is 0.143. The molecule has 3 heterocycles. The zero-order chi connectivity index (χ0) is 13.5. The molecule has 1 aromatic carbocycles. The monoisotopic (exact) mass is 271 g/mol. The van der Waals surface area contributed by atoms with Crippen molar-refractivity contribution in [3.05, 3.63) is 36.3 Å². The van der Waals surface area contributed by atoms with Gasteiger partial charge >= 0.3 is 0 Å². The molecule has 0 amide bonds. The standard InChI is InChI=1S/C14H10FN3O2/c15-8-1-2-9(16-7-8)14-17-10-5-12-13(6-11(10)18-14)20-4-3-19-12/h1-2,5-7H,3-4H2,(H,17,18). The van der Waals surface area contributed by atoms with Crippen LogP contribution in [0.5, 0.6) is 11.5 Å². The van der Waals surface area contributed by atoms with Crippen LogP contribution in [0.1, 0.15) is 0 Å². The Morgan fingerprint density at radius 3 is 2.65 bits per heavy atom. The third kappa shape index (κ3) is 1.77. The minimum Gasteiger partial charge on any atom is -0.486 e. The highest BCUT2D eigenvalue weighted by molar-refractivity contribution is 5.82. The molecule has 0 spiro atoms. The number of halogens is 1. The average molecular weight is 271 g/mol. The first-order valence-corrected chi connectivity index (χ1v) is 6.21. The molecule has 0 fully saturated rings. The quantitative estimate of drug-likeness (QED) is 0.739. The summed E-state index contributed by atoms with van der Waals surface area (Å²) in [4.78, 5) is 11.6. The number of aromatic amines is 1. The highest BCUT2D eigenvalue weighted by Gasteiger charge is 2.15. The van der Waals surface area contributed by atoms with E-state index in [0.717, 1.165) is 11.0 Å². The zero-order valence-electron chi connectivity index (χ0n) is 10.4. The van der Waals surface area contributed by atoms with Crippen molar-refractivity contribution >= 4 is 11.0 Å². The molecular weight excluding hydrogens is 261 g/mol. The maximum atomic E-state index is 12.9. The molecule has 100 valence electrons. The van der Waals surface area contributed by atoms with Gasteiger partial charge in [0.1, 0.15) is 24.7 Å². The third-order valence-electron chi connectivity index (χ3n) is 3.12. The van der Waals surface area contributed by atoms with Gasteiger partial charge in [-0.3, -0.25) is 0 Å². The molecule has 0 radical (unpaired) electrons. The number of ether oxygens (including phenoxy) is 2. The molecule has 20 heavy (non-hydrogen) atoms. The SMILES string of the molecule is Fc1ccc(-c2nc3cc4c(cc3[nH]2)OCCO4)nc1. The molecule has 0 saturated carbocycles. The van der Waals surface area contributed by atoms with Gasteiger partial charge in [0.05, 0.1) is 17.2 Å². The summed E-state index contributed by atoms with van der Waals surface area (Å²) in [6.07, 6.45) is 1.17. The van der Waals surface area contributed by atoms with Gasteiger partial charge in [-0.2, -0.15) is 0 Å². The molecule has 0 saturated heterocycles. The first-order chi connectivity index (χ1) is 9.79. The Bertz CT molecular complexity index is 740. The number of H-pyrrole nitrogens is 1. The van der Waals surface area contributed by atoms with Gasteiger partial charge in [0.15, 0.2) is 17.3 Å². The lowest BCUT2D eigenvalue weighted by Crippen LogP contribution is -2.15. The molecule has 0 bridgehead atoms. The van der Waals surface area contributed by atoms with E-state index >= 15 is 0 Å². The van der Waals surface area contributed by atoms with E-state index in [1.807, 2.05) is 12.1 Å². The van der Waals surface area contributed by atoms with Crippen LogP contribution in [-0.4, -0.2) is 28.2 Å². The van der Waals surface area contributed by atoms with Crippen molar-refractivity contribution in [1.82, 2.24) is 15.0 Å². The van der Waals surface area contributed by atoms with Crippen molar-refractivity contribution in [2.75, 3.05) is 13.2 Å². The van der Waals surface area contributed by atoms with Crippen LogP contribution in [-0.2, 0) is 0 Å². The van der Waals surface area contributed by atoms with Crippen molar-refractivity contribution in [2.45, 2.75) is 0 Å². The van der Waals surface area contributed by atoms with Crippen LogP contribution in [0.4, 0.5) is 4.39 Å². The molecule has 5 nitrogen and oxygen atoms in total. The second-order valence-corrected chi connectivity index (χ2v) is 4.46. The summed E-state index contributed by atoms with van der Waals surface area (Å²) in [5.74, 6) is 1.60. The highest BCUT2D eigenvalue weighted by Crippen LogP contribution is 2.34. The first-order valence-electron chi connectivity index (χ1n) is 6.21. The van der Waals surface area contributed by atoms with Crippen LogP contribution in [0.3, 0.4) is 0 Å². The zero-order valence-corrected chi connectivity index (χ0v) is 10.4. The molecule has 1 aliphatic heterocycles. The summed E-state index contributed by atoms with van der Waals surface area (Å²) in [5.41, 5.74) is 2.17. The molecule has 0 atom stereocenters. The van der Waals surface area contributed by atoms with Gasteiger partial charge in [0.25, 0.3) is 0 Å². The molecule has 4 rings (SSSR count). The van der Waals surface area contributed by atoms with E-state index in [-0.39, 0.29) is 5.82 Å². The fourth-order valence-electron chi connectivity index (χ4n) is 2.18. The molecule has 1 aliphatic rings. The number of aromatic nitrogens is 3. The van der Waals surface area contributed by atoms with Crippen molar-refractivity contribution in [3.63, 3.8) is 0 Å². The number of fused-ring (bicyclic) bond motifs is 2. The van der Waals surface area contributed by atoms with E-state index < -0.39 is 0 Å². The molecule has 6 heteroatoms. The number of pyridine rings is 1. The minimum atomic E-state index is -0.373. The van der Waals surface area contributed by atoms with Crippen LogP contribution in [0, 0.1) is 5.82 Å². The van der Waals surface area contributed by atoms with Crippen molar-refractivity contribution in [2.24, 2.45) is 0 Å². The number of benzene rings is 1. The maximum Gasteiger partial charge on any atom is 0.163 e. The van der Waals surface area contributed by atoms with Gasteiger partial charge < -0.3 is 14.5 Å². The third-order valence-corrected chi connectivity index (χ3v) is 3.12. The lowest BCUT2D eigenvalue weighted by atomic mass is 10.2. The number of imidazole rings is 1. The maximum absolute atomic E-state index is 12.9. The fourth-order valence-corrected chi connectivity index (χ4v) is 2.18. The molecule has 0 aliphatic carbocycles. The van der Waals surface area contributed by atoms with Crippen molar-refractivity contribution in [1.29, 1.82) is 0 Å². The molecular formula is C14H10FN3O2. The van der Waals surface area contributed by atoms with Crippen LogP contribution in [0.2, 0.25) is 0 Å². The largest absolute Gasteiger partial charge is 0.486 e. The van der Waals surface area contributed by atoms with Crippen LogP contribution in [0.25, 0.3) is 22.6 Å². The van der Waals surface area contributed by atoms with E-state index in [4.69, 9.17) is 9.47 Å². The van der Waals surface area contributed by atoms with Crippen LogP contribution < -0.4 is 9.47 Å². The number of nitrogens with zero attached hydrogens (tertiary/aromatic N) is 2. The summed E-state index contributed by atoms with van der Waals surface area (Å²) in [5, 5.41) is 0. The highest BCUT2D eigenvalue weighted by atomic mass is 19.1. The predicted molar refractivity (Wildman–Crippen MR) is 70.3 cm³/mol. The second-order valence-electron chi connectivity index (χ2n) is 4.46. The number of hydrogen-bond donors (Lipinski definition) is 1. The predicted octanol–water partition coefficient (Wildman–Crippen LogP) is 2.54. The minimum absolute atomic E-state index is 0.373. The average Bonchev–Trinajstić information content (AvgIpc) is 2.88. The van der Waals surface area contributed by atoms with E-state index in [0.29, 0.717) is 36.2 Å². The van der Waals surface area contributed by atoms with E-state index in [1.54, 1.807) is 6.07 Å². The van der Waals surface area contributed by atoms with Gasteiger partial charge in [-0.25, -0.2) is 14.4 Å². The molecule has 2 aromatic heterocycles. The Hall–Kier alpha value is -2.63. The van der Waals surface area contributed by atoms with Gasteiger partial charge in [-0.15, -0.1) is 0 Å². The van der Waals surface area contributed by atoms with E-state index in [2.05, 4.69) is 15.0 Å². The Balaban J connectivity index is 1.84. The Morgan fingerprint density at radius 2 is 1.90 bits per heavy atom. The van der Waals surface area contributed by atoms with E-state index in [1.165, 1.54) is 12.3 Å². The number of rotatable bonds is 1. The van der Waals surface area contributed by atoms with Gasteiger partial charge in [0.2, 0.25) is 0 Å². The normalized spacial score (nSPS) is 13.7. The Labute approximate surface area is 113 Å². The summed E-state index contributed by atoms with van der Waals surface area (Å²) in [6, 6.07) is 6.62. The second kappa shape index (κ2) is 4.19. The number of nitrogens with one attached hydrogen (secondary N) is 1. The van der Waals surface area contributed by atoms with Crippen LogP contribution >= 0.6 is 0 Å². The summed E-state index contributed by atoms with van der Waals surface area (Å²) < 4.78 is 23.9. The van der Waals surface area contributed by atoms with Gasteiger partial charge in [-0.1, -0.05) is 0 Å². The Morgan fingerprint density at radius 1 is 1.10 bits per heavy atom. The summed E-state index contributed by atoms with van der Waals surface area (Å²) in [7, 11) is 0.